The van der Waals surface area contributed by atoms with E-state index < -0.39 is 0 Å². The molecule has 1 amide bonds. The summed E-state index contributed by atoms with van der Waals surface area (Å²) in [4.78, 5) is 11.9. The van der Waals surface area contributed by atoms with Crippen molar-refractivity contribution in [1.29, 1.82) is 0 Å². The van der Waals surface area contributed by atoms with Crippen molar-refractivity contribution in [2.45, 2.75) is 25.8 Å². The van der Waals surface area contributed by atoms with E-state index in [9.17, 15) is 4.79 Å². The SMILES string of the molecule is CCCC(COC)NC(=O)c1ccc(Br)cc1. The highest BCUT2D eigenvalue weighted by atomic mass is 79.9. The molecule has 1 aromatic carbocycles. The molecule has 1 atom stereocenters. The van der Waals surface area contributed by atoms with Crippen LogP contribution in [0, 0.1) is 0 Å². The highest BCUT2D eigenvalue weighted by Gasteiger charge is 2.12. The monoisotopic (exact) mass is 299 g/mol. The van der Waals surface area contributed by atoms with E-state index in [1.54, 1.807) is 19.2 Å². The Morgan fingerprint density at radius 3 is 2.59 bits per heavy atom. The molecule has 0 saturated heterocycles. The van der Waals surface area contributed by atoms with Crippen molar-refractivity contribution in [2.24, 2.45) is 0 Å². The Labute approximate surface area is 111 Å². The second-order valence-electron chi connectivity index (χ2n) is 3.92. The maximum atomic E-state index is 11.9. The largest absolute Gasteiger partial charge is 0.383 e. The second-order valence-corrected chi connectivity index (χ2v) is 4.84. The normalized spacial score (nSPS) is 12.2. The highest BCUT2D eigenvalue weighted by Crippen LogP contribution is 2.10. The molecule has 1 aromatic rings. The molecule has 0 fully saturated rings. The first-order valence-electron chi connectivity index (χ1n) is 5.72. The van der Waals surface area contributed by atoms with E-state index in [-0.39, 0.29) is 11.9 Å². The second kappa shape index (κ2) is 7.45. The molecule has 0 aliphatic heterocycles. The molecule has 17 heavy (non-hydrogen) atoms. The van der Waals surface area contributed by atoms with Crippen molar-refractivity contribution in [3.8, 4) is 0 Å². The minimum Gasteiger partial charge on any atom is -0.383 e. The molecule has 0 saturated carbocycles. The van der Waals surface area contributed by atoms with Gasteiger partial charge in [-0.05, 0) is 30.7 Å². The zero-order valence-electron chi connectivity index (χ0n) is 10.2. The first-order chi connectivity index (χ1) is 8.17. The van der Waals surface area contributed by atoms with Gasteiger partial charge in [-0.1, -0.05) is 29.3 Å². The van der Waals surface area contributed by atoms with E-state index in [2.05, 4.69) is 28.2 Å². The number of ether oxygens (including phenoxy) is 1. The number of rotatable bonds is 6. The Balaban J connectivity index is 2.60. The maximum Gasteiger partial charge on any atom is 0.251 e. The van der Waals surface area contributed by atoms with Crippen LogP contribution in [0.2, 0.25) is 0 Å². The Kier molecular flexibility index (Phi) is 6.22. The van der Waals surface area contributed by atoms with Crippen LogP contribution >= 0.6 is 15.9 Å². The minimum absolute atomic E-state index is 0.0481. The number of carbonyl (C=O) groups excluding carboxylic acids is 1. The molecule has 1 N–H and O–H groups in total. The predicted molar refractivity (Wildman–Crippen MR) is 72.2 cm³/mol. The third-order valence-corrected chi connectivity index (χ3v) is 2.98. The number of nitrogens with one attached hydrogen (secondary N) is 1. The number of hydrogen-bond acceptors (Lipinski definition) is 2. The average molecular weight is 300 g/mol. The lowest BCUT2D eigenvalue weighted by Gasteiger charge is -2.17. The lowest BCUT2D eigenvalue weighted by Crippen LogP contribution is -2.37. The van der Waals surface area contributed by atoms with Crippen LogP contribution < -0.4 is 5.32 Å². The van der Waals surface area contributed by atoms with Crippen LogP contribution in [-0.4, -0.2) is 25.7 Å². The molecule has 1 rings (SSSR count). The zero-order valence-corrected chi connectivity index (χ0v) is 11.8. The van der Waals surface area contributed by atoms with Crippen LogP contribution in [0.25, 0.3) is 0 Å². The number of methoxy groups -OCH3 is 1. The van der Waals surface area contributed by atoms with E-state index >= 15 is 0 Å². The molecule has 94 valence electrons. The smallest absolute Gasteiger partial charge is 0.251 e. The van der Waals surface area contributed by atoms with E-state index in [1.807, 2.05) is 12.1 Å². The molecule has 0 aromatic heterocycles. The van der Waals surface area contributed by atoms with Gasteiger partial charge >= 0.3 is 0 Å². The molecule has 4 heteroatoms. The third-order valence-electron chi connectivity index (χ3n) is 2.45. The molecule has 3 nitrogen and oxygen atoms in total. The zero-order chi connectivity index (χ0) is 12.7. The number of amides is 1. The van der Waals surface area contributed by atoms with Gasteiger partial charge in [0.1, 0.15) is 0 Å². The van der Waals surface area contributed by atoms with Crippen molar-refractivity contribution in [3.63, 3.8) is 0 Å². The van der Waals surface area contributed by atoms with E-state index in [0.29, 0.717) is 12.2 Å². The maximum absolute atomic E-state index is 11.9. The molecule has 0 aliphatic rings. The Morgan fingerprint density at radius 1 is 1.41 bits per heavy atom. The van der Waals surface area contributed by atoms with Crippen LogP contribution in [0.15, 0.2) is 28.7 Å². The van der Waals surface area contributed by atoms with Crippen LogP contribution in [-0.2, 0) is 4.74 Å². The number of carbonyl (C=O) groups is 1. The standard InChI is InChI=1S/C13H18BrNO2/c1-3-4-12(9-17-2)15-13(16)10-5-7-11(14)8-6-10/h5-8,12H,3-4,9H2,1-2H3,(H,15,16). The summed E-state index contributed by atoms with van der Waals surface area (Å²) in [6, 6.07) is 7.41. The summed E-state index contributed by atoms with van der Waals surface area (Å²) < 4.78 is 6.06. The van der Waals surface area contributed by atoms with Crippen LogP contribution in [0.4, 0.5) is 0 Å². The molecule has 0 spiro atoms. The molecule has 0 aliphatic carbocycles. The van der Waals surface area contributed by atoms with Gasteiger partial charge in [0, 0.05) is 17.1 Å². The van der Waals surface area contributed by atoms with Gasteiger partial charge in [0.15, 0.2) is 0 Å². The number of halogens is 1. The number of benzene rings is 1. The van der Waals surface area contributed by atoms with Gasteiger partial charge < -0.3 is 10.1 Å². The molecular weight excluding hydrogens is 282 g/mol. The van der Waals surface area contributed by atoms with Gasteiger partial charge in [-0.3, -0.25) is 4.79 Å². The summed E-state index contributed by atoms with van der Waals surface area (Å²) in [5, 5.41) is 2.98. The van der Waals surface area contributed by atoms with E-state index in [0.717, 1.165) is 17.3 Å². The van der Waals surface area contributed by atoms with E-state index in [4.69, 9.17) is 4.74 Å². The van der Waals surface area contributed by atoms with Gasteiger partial charge in [-0.15, -0.1) is 0 Å². The molecular formula is C13H18BrNO2. The fourth-order valence-electron chi connectivity index (χ4n) is 1.62. The summed E-state index contributed by atoms with van der Waals surface area (Å²) >= 11 is 3.34. The molecule has 0 heterocycles. The lowest BCUT2D eigenvalue weighted by atomic mass is 10.1. The van der Waals surface area contributed by atoms with Crippen molar-refractivity contribution in [2.75, 3.05) is 13.7 Å². The van der Waals surface area contributed by atoms with Crippen LogP contribution in [0.3, 0.4) is 0 Å². The lowest BCUT2D eigenvalue weighted by molar-refractivity contribution is 0.0891. The Morgan fingerprint density at radius 2 is 2.06 bits per heavy atom. The fourth-order valence-corrected chi connectivity index (χ4v) is 1.88. The molecule has 0 bridgehead atoms. The van der Waals surface area contributed by atoms with Gasteiger partial charge in [0.25, 0.3) is 5.91 Å². The van der Waals surface area contributed by atoms with Gasteiger partial charge in [-0.2, -0.15) is 0 Å². The summed E-state index contributed by atoms with van der Waals surface area (Å²) in [5.41, 5.74) is 0.672. The minimum atomic E-state index is -0.0481. The van der Waals surface area contributed by atoms with Crippen molar-refractivity contribution >= 4 is 21.8 Å². The van der Waals surface area contributed by atoms with Crippen molar-refractivity contribution < 1.29 is 9.53 Å². The topological polar surface area (TPSA) is 38.3 Å². The fraction of sp³-hybridized carbons (Fsp3) is 0.462. The average Bonchev–Trinajstić information content (AvgIpc) is 2.30. The van der Waals surface area contributed by atoms with Gasteiger partial charge in [0.2, 0.25) is 0 Å². The number of hydrogen-bond donors (Lipinski definition) is 1. The van der Waals surface area contributed by atoms with E-state index in [1.165, 1.54) is 0 Å². The van der Waals surface area contributed by atoms with Crippen molar-refractivity contribution in [3.05, 3.63) is 34.3 Å². The van der Waals surface area contributed by atoms with Gasteiger partial charge in [0.05, 0.1) is 12.6 Å². The summed E-state index contributed by atoms with van der Waals surface area (Å²) in [6.07, 6.45) is 1.95. The molecule has 1 unspecified atom stereocenters. The van der Waals surface area contributed by atoms with Crippen molar-refractivity contribution in [1.82, 2.24) is 5.32 Å². The first-order valence-corrected chi connectivity index (χ1v) is 6.52. The molecule has 0 radical (unpaired) electrons. The Hall–Kier alpha value is -0.870. The predicted octanol–water partition coefficient (Wildman–Crippen LogP) is 2.99. The summed E-state index contributed by atoms with van der Waals surface area (Å²) in [5.74, 6) is -0.0481. The van der Waals surface area contributed by atoms with Gasteiger partial charge in [-0.25, -0.2) is 0 Å². The summed E-state index contributed by atoms with van der Waals surface area (Å²) in [7, 11) is 1.65. The quantitative estimate of drug-likeness (QED) is 0.877. The first kappa shape index (κ1) is 14.2. The Bertz CT molecular complexity index is 345. The highest BCUT2D eigenvalue weighted by molar-refractivity contribution is 9.10. The van der Waals surface area contributed by atoms with Crippen LogP contribution in [0.5, 0.6) is 0 Å². The third kappa shape index (κ3) is 4.88. The van der Waals surface area contributed by atoms with Crippen LogP contribution in [0.1, 0.15) is 30.1 Å². The summed E-state index contributed by atoms with van der Waals surface area (Å²) in [6.45, 7) is 2.64.